The summed E-state index contributed by atoms with van der Waals surface area (Å²) in [5, 5.41) is 1.72. The summed E-state index contributed by atoms with van der Waals surface area (Å²) < 4.78 is 2.18. The van der Waals surface area contributed by atoms with E-state index in [9.17, 15) is 9.59 Å². The number of allylic oxidation sites excluding steroid dienone is 1. The highest BCUT2D eigenvalue weighted by Crippen LogP contribution is 2.33. The molecule has 0 spiro atoms. The van der Waals surface area contributed by atoms with E-state index in [0.29, 0.717) is 22.7 Å². The lowest BCUT2D eigenvalue weighted by Crippen LogP contribution is -2.03. The third kappa shape index (κ3) is 2.82. The van der Waals surface area contributed by atoms with Gasteiger partial charge in [-0.15, -0.1) is 0 Å². The predicted molar refractivity (Wildman–Crippen MR) is 120 cm³/mol. The van der Waals surface area contributed by atoms with Gasteiger partial charge < -0.3 is 4.57 Å². The first-order valence-corrected chi connectivity index (χ1v) is 10.2. The first-order chi connectivity index (χ1) is 14.6. The number of hydrogen-bond acceptors (Lipinski definition) is 2. The molecule has 1 aromatic heterocycles. The van der Waals surface area contributed by atoms with E-state index in [-0.39, 0.29) is 17.1 Å². The van der Waals surface area contributed by atoms with E-state index in [4.69, 9.17) is 11.6 Å². The van der Waals surface area contributed by atoms with Crippen LogP contribution in [0.4, 0.5) is 0 Å². The smallest absolute Gasteiger partial charge is 0.197 e. The van der Waals surface area contributed by atoms with Crippen LogP contribution >= 0.6 is 11.6 Å². The van der Waals surface area contributed by atoms with E-state index >= 15 is 0 Å². The van der Waals surface area contributed by atoms with Crippen LogP contribution < -0.4 is 0 Å². The second kappa shape index (κ2) is 7.12. The predicted octanol–water partition coefficient (Wildman–Crippen LogP) is 6.11. The zero-order chi connectivity index (χ0) is 20.8. The van der Waals surface area contributed by atoms with Crippen LogP contribution in [0.1, 0.15) is 37.5 Å². The summed E-state index contributed by atoms with van der Waals surface area (Å²) in [6, 6.07) is 22.8. The topological polar surface area (TPSA) is 39.1 Å². The third-order valence-electron chi connectivity index (χ3n) is 5.76. The second-order valence-electron chi connectivity index (χ2n) is 7.46. The molecule has 5 rings (SSSR count). The Hall–Kier alpha value is -3.43. The normalized spacial score (nSPS) is 13.2. The lowest BCUT2D eigenvalue weighted by atomic mass is 10.0. The number of aromatic nitrogens is 1. The minimum absolute atomic E-state index is 0.210. The average Bonchev–Trinajstić information content (AvgIpc) is 3.17. The summed E-state index contributed by atoms with van der Waals surface area (Å²) in [5.74, 6) is -0.420. The fraction of sp³-hybridized carbons (Fsp3) is 0.0769. The van der Waals surface area contributed by atoms with Crippen molar-refractivity contribution in [2.75, 3.05) is 0 Å². The first-order valence-electron chi connectivity index (χ1n) is 9.77. The number of rotatable bonds is 3. The van der Waals surface area contributed by atoms with Gasteiger partial charge in [-0.1, -0.05) is 72.3 Å². The number of carbonyl (C=O) groups excluding carboxylic acids is 2. The van der Waals surface area contributed by atoms with Crippen molar-refractivity contribution in [3.05, 3.63) is 111 Å². The van der Waals surface area contributed by atoms with Crippen molar-refractivity contribution in [2.45, 2.75) is 13.5 Å². The van der Waals surface area contributed by atoms with Gasteiger partial charge in [0.05, 0.1) is 5.57 Å². The third-order valence-corrected chi connectivity index (χ3v) is 6.13. The van der Waals surface area contributed by atoms with Gasteiger partial charge in [-0.25, -0.2) is 0 Å². The van der Waals surface area contributed by atoms with Crippen LogP contribution in [0.15, 0.2) is 78.4 Å². The molecule has 3 aromatic carbocycles. The molecule has 0 saturated carbocycles. The molecular formula is C26H18ClNO2. The van der Waals surface area contributed by atoms with E-state index in [1.165, 1.54) is 0 Å². The fourth-order valence-electron chi connectivity index (χ4n) is 4.19. The van der Waals surface area contributed by atoms with Crippen LogP contribution in [0, 0.1) is 6.92 Å². The Morgan fingerprint density at radius 3 is 2.13 bits per heavy atom. The molecule has 0 saturated heterocycles. The number of para-hydroxylation sites is 1. The van der Waals surface area contributed by atoms with Crippen molar-refractivity contribution in [3.63, 3.8) is 0 Å². The highest BCUT2D eigenvalue weighted by atomic mass is 35.5. The maximum atomic E-state index is 12.9. The summed E-state index contributed by atoms with van der Waals surface area (Å²) in [6.07, 6.45) is 1.76. The van der Waals surface area contributed by atoms with Crippen LogP contribution in [-0.4, -0.2) is 16.1 Å². The molecule has 0 fully saturated rings. The Bertz CT molecular complexity index is 1340. The fourth-order valence-corrected chi connectivity index (χ4v) is 4.38. The second-order valence-corrected chi connectivity index (χ2v) is 7.86. The van der Waals surface area contributed by atoms with Crippen molar-refractivity contribution in [2.24, 2.45) is 0 Å². The maximum absolute atomic E-state index is 12.9. The molecule has 0 unspecified atom stereocenters. The zero-order valence-corrected chi connectivity index (χ0v) is 17.1. The molecule has 4 aromatic rings. The number of hydrogen-bond donors (Lipinski definition) is 0. The lowest BCUT2D eigenvalue weighted by molar-refractivity contribution is 0.0990. The first kappa shape index (κ1) is 18.6. The summed E-state index contributed by atoms with van der Waals surface area (Å²) in [5.41, 5.74) is 5.11. The molecule has 30 heavy (non-hydrogen) atoms. The number of benzene rings is 3. The van der Waals surface area contributed by atoms with Crippen LogP contribution in [0.3, 0.4) is 0 Å². The largest absolute Gasteiger partial charge is 0.340 e. The Kier molecular flexibility index (Phi) is 4.41. The van der Waals surface area contributed by atoms with Crippen LogP contribution in [0.5, 0.6) is 0 Å². The Morgan fingerprint density at radius 2 is 1.43 bits per heavy atom. The number of carbonyl (C=O) groups is 2. The SMILES string of the molecule is Cc1c(C=C2C(=O)c3ccccc3C2=O)c2ccccc2n1Cc1ccccc1Cl. The molecule has 1 aliphatic carbocycles. The number of Topliss-reactive ketones (excluding diaryl/α,β-unsaturated/α-hetero) is 2. The quantitative estimate of drug-likeness (QED) is 0.301. The molecule has 0 N–H and O–H groups in total. The molecule has 0 bridgehead atoms. The average molecular weight is 412 g/mol. The molecule has 0 aliphatic heterocycles. The Labute approximate surface area is 179 Å². The van der Waals surface area contributed by atoms with Crippen LogP contribution in [0.2, 0.25) is 5.02 Å². The van der Waals surface area contributed by atoms with Crippen molar-refractivity contribution < 1.29 is 9.59 Å². The van der Waals surface area contributed by atoms with Crippen molar-refractivity contribution in [1.82, 2.24) is 4.57 Å². The molecule has 3 nitrogen and oxygen atoms in total. The lowest BCUT2D eigenvalue weighted by Gasteiger charge is -2.10. The number of halogens is 1. The number of nitrogens with zero attached hydrogens (tertiary/aromatic N) is 1. The van der Waals surface area contributed by atoms with Gasteiger partial charge in [-0.3, -0.25) is 9.59 Å². The molecule has 146 valence electrons. The summed E-state index contributed by atoms with van der Waals surface area (Å²) in [4.78, 5) is 25.8. The molecular weight excluding hydrogens is 394 g/mol. The standard InChI is InChI=1S/C26H18ClNO2/c1-16-21(14-22-25(29)19-10-3-4-11-20(19)26(22)30)18-9-5-7-13-24(18)28(16)15-17-8-2-6-12-23(17)27/h2-14H,15H2,1H3. The number of ketones is 2. The minimum Gasteiger partial charge on any atom is -0.340 e. The zero-order valence-electron chi connectivity index (χ0n) is 16.4. The molecule has 0 amide bonds. The van der Waals surface area contributed by atoms with Crippen molar-refractivity contribution in [3.8, 4) is 0 Å². The highest BCUT2D eigenvalue weighted by molar-refractivity contribution is 6.41. The van der Waals surface area contributed by atoms with Gasteiger partial charge in [0.25, 0.3) is 0 Å². The molecule has 4 heteroatoms. The van der Waals surface area contributed by atoms with Gasteiger partial charge in [-0.05, 0) is 30.7 Å². The monoisotopic (exact) mass is 411 g/mol. The number of fused-ring (bicyclic) bond motifs is 2. The molecule has 1 heterocycles. The van der Waals surface area contributed by atoms with E-state index in [1.807, 2.05) is 55.5 Å². The summed E-state index contributed by atoms with van der Waals surface area (Å²) >= 11 is 6.40. The highest BCUT2D eigenvalue weighted by Gasteiger charge is 2.33. The Balaban J connectivity index is 1.68. The van der Waals surface area contributed by atoms with Gasteiger partial charge >= 0.3 is 0 Å². The van der Waals surface area contributed by atoms with E-state index in [1.54, 1.807) is 30.3 Å². The summed E-state index contributed by atoms with van der Waals surface area (Å²) in [7, 11) is 0. The van der Waals surface area contributed by atoms with Crippen LogP contribution in [0.25, 0.3) is 17.0 Å². The summed E-state index contributed by atoms with van der Waals surface area (Å²) in [6.45, 7) is 2.62. The van der Waals surface area contributed by atoms with E-state index in [0.717, 1.165) is 27.7 Å². The van der Waals surface area contributed by atoms with Gasteiger partial charge in [-0.2, -0.15) is 0 Å². The van der Waals surface area contributed by atoms with Gasteiger partial charge in [0, 0.05) is 44.9 Å². The van der Waals surface area contributed by atoms with E-state index in [2.05, 4.69) is 4.57 Å². The van der Waals surface area contributed by atoms with Gasteiger partial charge in [0.15, 0.2) is 11.6 Å². The maximum Gasteiger partial charge on any atom is 0.197 e. The van der Waals surface area contributed by atoms with Crippen molar-refractivity contribution in [1.29, 1.82) is 0 Å². The minimum atomic E-state index is -0.210. The van der Waals surface area contributed by atoms with Crippen LogP contribution in [-0.2, 0) is 6.54 Å². The van der Waals surface area contributed by atoms with Crippen molar-refractivity contribution >= 4 is 40.1 Å². The molecule has 0 radical (unpaired) electrons. The van der Waals surface area contributed by atoms with E-state index < -0.39 is 0 Å². The van der Waals surface area contributed by atoms with Gasteiger partial charge in [0.2, 0.25) is 0 Å². The molecule has 0 atom stereocenters. The Morgan fingerprint density at radius 1 is 0.833 bits per heavy atom. The molecule has 1 aliphatic rings. The van der Waals surface area contributed by atoms with Gasteiger partial charge in [0.1, 0.15) is 0 Å².